The third-order valence-corrected chi connectivity index (χ3v) is 4.99. The summed E-state index contributed by atoms with van der Waals surface area (Å²) >= 11 is 3.46. The van der Waals surface area contributed by atoms with Crippen LogP contribution in [0.3, 0.4) is 0 Å². The number of aromatic amines is 1. The zero-order valence-electron chi connectivity index (χ0n) is 15.8. The Kier molecular flexibility index (Phi) is 5.73. The van der Waals surface area contributed by atoms with Gasteiger partial charge in [0, 0.05) is 10.0 Å². The Morgan fingerprint density at radius 2 is 1.87 bits per heavy atom. The maximum Gasteiger partial charge on any atom is 0.259 e. The highest BCUT2D eigenvalue weighted by Gasteiger charge is 2.11. The highest BCUT2D eigenvalue weighted by Crippen LogP contribution is 2.28. The minimum absolute atomic E-state index is 0.218. The van der Waals surface area contributed by atoms with Gasteiger partial charge < -0.3 is 9.72 Å². The zero-order valence-corrected chi connectivity index (χ0v) is 17.4. The molecule has 0 aliphatic heterocycles. The molecule has 4 aromatic rings. The molecule has 0 spiro atoms. The van der Waals surface area contributed by atoms with Crippen molar-refractivity contribution in [3.63, 3.8) is 0 Å². The van der Waals surface area contributed by atoms with Gasteiger partial charge in [-0.1, -0.05) is 58.4 Å². The third-order valence-electron chi connectivity index (χ3n) is 4.50. The molecule has 0 aliphatic rings. The van der Waals surface area contributed by atoms with Gasteiger partial charge in [0.25, 0.3) is 5.56 Å². The Bertz CT molecular complexity index is 1340. The fourth-order valence-corrected chi connectivity index (χ4v) is 3.40. The SMILES string of the molecule is N#CC(=Cc1cc(Br)ccc1OCc1ccccc1)c1nc2ccccc2c(=O)[nH]1. The van der Waals surface area contributed by atoms with Gasteiger partial charge in [0.1, 0.15) is 18.4 Å². The lowest BCUT2D eigenvalue weighted by Crippen LogP contribution is -2.11. The summed E-state index contributed by atoms with van der Waals surface area (Å²) in [5, 5.41) is 10.2. The lowest BCUT2D eigenvalue weighted by atomic mass is 10.1. The molecule has 1 heterocycles. The monoisotopic (exact) mass is 457 g/mol. The molecule has 0 unspecified atom stereocenters. The Hall–Kier alpha value is -3.69. The van der Waals surface area contributed by atoms with Gasteiger partial charge >= 0.3 is 0 Å². The maximum atomic E-state index is 12.4. The van der Waals surface area contributed by atoms with Crippen molar-refractivity contribution in [2.24, 2.45) is 0 Å². The van der Waals surface area contributed by atoms with Crippen molar-refractivity contribution in [2.45, 2.75) is 6.61 Å². The first-order valence-electron chi connectivity index (χ1n) is 9.21. The summed E-state index contributed by atoms with van der Waals surface area (Å²) in [6, 6.07) is 24.6. The molecule has 4 rings (SSSR count). The lowest BCUT2D eigenvalue weighted by molar-refractivity contribution is 0.305. The molecule has 0 radical (unpaired) electrons. The average molecular weight is 458 g/mol. The van der Waals surface area contributed by atoms with Gasteiger partial charge in [-0.3, -0.25) is 4.79 Å². The van der Waals surface area contributed by atoms with Gasteiger partial charge in [0.15, 0.2) is 5.82 Å². The molecule has 6 heteroatoms. The highest BCUT2D eigenvalue weighted by atomic mass is 79.9. The summed E-state index contributed by atoms with van der Waals surface area (Å²) in [5.41, 5.74) is 2.23. The number of halogens is 1. The number of nitriles is 1. The van der Waals surface area contributed by atoms with E-state index in [1.807, 2.05) is 48.5 Å². The summed E-state index contributed by atoms with van der Waals surface area (Å²) in [7, 11) is 0. The molecule has 30 heavy (non-hydrogen) atoms. The molecule has 0 atom stereocenters. The van der Waals surface area contributed by atoms with E-state index in [4.69, 9.17) is 4.74 Å². The number of hydrogen-bond acceptors (Lipinski definition) is 4. The molecule has 0 aliphatic carbocycles. The Labute approximate surface area is 181 Å². The molecule has 1 N–H and O–H groups in total. The van der Waals surface area contributed by atoms with Crippen LogP contribution < -0.4 is 10.3 Å². The molecule has 146 valence electrons. The smallest absolute Gasteiger partial charge is 0.259 e. The second kappa shape index (κ2) is 8.76. The summed E-state index contributed by atoms with van der Waals surface area (Å²) in [4.78, 5) is 19.5. The van der Waals surface area contributed by atoms with Crippen molar-refractivity contribution in [3.8, 4) is 11.8 Å². The number of rotatable bonds is 5. The maximum absolute atomic E-state index is 12.4. The number of allylic oxidation sites excluding steroid dienone is 1. The van der Waals surface area contributed by atoms with Crippen LogP contribution in [0.5, 0.6) is 5.75 Å². The van der Waals surface area contributed by atoms with Crippen LogP contribution in [0.1, 0.15) is 17.0 Å². The number of fused-ring (bicyclic) bond motifs is 1. The zero-order chi connectivity index (χ0) is 20.9. The van der Waals surface area contributed by atoms with E-state index in [0.717, 1.165) is 10.0 Å². The van der Waals surface area contributed by atoms with Gasteiger partial charge in [-0.05, 0) is 42.0 Å². The van der Waals surface area contributed by atoms with Crippen LogP contribution in [0.2, 0.25) is 0 Å². The van der Waals surface area contributed by atoms with Gasteiger partial charge in [-0.25, -0.2) is 4.98 Å². The number of nitrogens with one attached hydrogen (secondary N) is 1. The fourth-order valence-electron chi connectivity index (χ4n) is 3.02. The van der Waals surface area contributed by atoms with E-state index in [0.29, 0.717) is 28.8 Å². The third kappa shape index (κ3) is 4.32. The molecule has 3 aromatic carbocycles. The van der Waals surface area contributed by atoms with E-state index in [1.54, 1.807) is 30.3 Å². The Balaban J connectivity index is 1.73. The van der Waals surface area contributed by atoms with Crippen molar-refractivity contribution in [2.75, 3.05) is 0 Å². The second-order valence-electron chi connectivity index (χ2n) is 6.56. The van der Waals surface area contributed by atoms with Crippen LogP contribution in [0.4, 0.5) is 0 Å². The first-order valence-corrected chi connectivity index (χ1v) is 10.0. The summed E-state index contributed by atoms with van der Waals surface area (Å²) in [6.45, 7) is 0.399. The van der Waals surface area contributed by atoms with E-state index in [9.17, 15) is 10.1 Å². The molecule has 0 bridgehead atoms. The van der Waals surface area contributed by atoms with Gasteiger partial charge in [-0.2, -0.15) is 5.26 Å². The molecular formula is C24H16BrN3O2. The molecular weight excluding hydrogens is 442 g/mol. The highest BCUT2D eigenvalue weighted by molar-refractivity contribution is 9.10. The number of H-pyrrole nitrogens is 1. The van der Waals surface area contributed by atoms with Crippen molar-refractivity contribution in [1.29, 1.82) is 5.26 Å². The van der Waals surface area contributed by atoms with Crippen LogP contribution in [-0.2, 0) is 6.61 Å². The molecule has 1 aromatic heterocycles. The number of nitrogens with zero attached hydrogens (tertiary/aromatic N) is 2. The molecule has 0 saturated heterocycles. The number of ether oxygens (including phenoxy) is 1. The largest absolute Gasteiger partial charge is 0.488 e. The van der Waals surface area contributed by atoms with Gasteiger partial charge in [0.05, 0.1) is 16.5 Å². The van der Waals surface area contributed by atoms with Crippen molar-refractivity contribution in [3.05, 3.63) is 105 Å². The number of para-hydroxylation sites is 1. The van der Waals surface area contributed by atoms with E-state index in [-0.39, 0.29) is 17.0 Å². The van der Waals surface area contributed by atoms with Crippen LogP contribution in [-0.4, -0.2) is 9.97 Å². The Morgan fingerprint density at radius 3 is 2.67 bits per heavy atom. The van der Waals surface area contributed by atoms with Crippen molar-refractivity contribution >= 4 is 38.5 Å². The summed E-state index contributed by atoms with van der Waals surface area (Å²) < 4.78 is 6.83. The van der Waals surface area contributed by atoms with E-state index >= 15 is 0 Å². The molecule has 0 fully saturated rings. The van der Waals surface area contributed by atoms with E-state index in [1.165, 1.54) is 0 Å². The normalized spacial score (nSPS) is 11.3. The predicted molar refractivity (Wildman–Crippen MR) is 121 cm³/mol. The van der Waals surface area contributed by atoms with Crippen LogP contribution >= 0.6 is 15.9 Å². The minimum Gasteiger partial charge on any atom is -0.488 e. The second-order valence-corrected chi connectivity index (χ2v) is 7.47. The van der Waals surface area contributed by atoms with Crippen LogP contribution in [0, 0.1) is 11.3 Å². The quantitative estimate of drug-likeness (QED) is 0.410. The Morgan fingerprint density at radius 1 is 1.10 bits per heavy atom. The first kappa shape index (κ1) is 19.6. The number of benzene rings is 3. The predicted octanol–water partition coefficient (Wildman–Crippen LogP) is 5.33. The van der Waals surface area contributed by atoms with Gasteiger partial charge in [0.2, 0.25) is 0 Å². The first-order chi connectivity index (χ1) is 14.6. The summed E-state index contributed by atoms with van der Waals surface area (Å²) in [5.74, 6) is 0.841. The topological polar surface area (TPSA) is 78.8 Å². The fraction of sp³-hybridized carbons (Fsp3) is 0.0417. The molecule has 0 amide bonds. The minimum atomic E-state index is -0.286. The van der Waals surface area contributed by atoms with Crippen molar-refractivity contribution < 1.29 is 4.74 Å². The van der Waals surface area contributed by atoms with Crippen molar-refractivity contribution in [1.82, 2.24) is 9.97 Å². The van der Waals surface area contributed by atoms with E-state index in [2.05, 4.69) is 32.0 Å². The number of aromatic nitrogens is 2. The number of hydrogen-bond donors (Lipinski definition) is 1. The van der Waals surface area contributed by atoms with E-state index < -0.39 is 0 Å². The van der Waals surface area contributed by atoms with Gasteiger partial charge in [-0.15, -0.1) is 0 Å². The lowest BCUT2D eigenvalue weighted by Gasteiger charge is -2.10. The van der Waals surface area contributed by atoms with Crippen LogP contribution in [0.25, 0.3) is 22.6 Å². The molecule has 0 saturated carbocycles. The van der Waals surface area contributed by atoms with Crippen LogP contribution in [0.15, 0.2) is 82.1 Å². The summed E-state index contributed by atoms with van der Waals surface area (Å²) in [6.07, 6.45) is 1.66. The average Bonchev–Trinajstić information content (AvgIpc) is 2.77. The molecule has 5 nitrogen and oxygen atoms in total. The standard InChI is InChI=1S/C24H16BrN3O2/c25-19-10-11-22(30-15-16-6-2-1-3-7-16)17(13-19)12-18(14-26)23-27-21-9-5-4-8-20(21)24(29)28-23/h1-13H,15H2,(H,27,28,29).